The van der Waals surface area contributed by atoms with Gasteiger partial charge in [-0.2, -0.15) is 0 Å². The van der Waals surface area contributed by atoms with E-state index in [2.05, 4.69) is 20.8 Å². The Labute approximate surface area is 161 Å². The van der Waals surface area contributed by atoms with Crippen molar-refractivity contribution in [2.75, 3.05) is 5.32 Å². The monoisotopic (exact) mass is 371 g/mol. The number of hydrogen-bond acceptors (Lipinski definition) is 5. The van der Waals surface area contributed by atoms with E-state index in [9.17, 15) is 4.79 Å². The number of aryl methyl sites for hydroxylation is 1. The van der Waals surface area contributed by atoms with Gasteiger partial charge in [0.25, 0.3) is 5.91 Å². The van der Waals surface area contributed by atoms with Crippen molar-refractivity contribution in [2.24, 2.45) is 7.05 Å². The van der Waals surface area contributed by atoms with Gasteiger partial charge < -0.3 is 10.1 Å². The van der Waals surface area contributed by atoms with Crippen molar-refractivity contribution in [1.82, 2.24) is 20.2 Å². The smallest absolute Gasteiger partial charge is 0.255 e. The zero-order valence-electron chi connectivity index (χ0n) is 15.1. The van der Waals surface area contributed by atoms with E-state index in [1.54, 1.807) is 29.9 Å². The van der Waals surface area contributed by atoms with E-state index in [0.29, 0.717) is 28.6 Å². The van der Waals surface area contributed by atoms with Crippen LogP contribution in [0.25, 0.3) is 11.4 Å². The van der Waals surface area contributed by atoms with Crippen molar-refractivity contribution >= 4 is 11.6 Å². The first-order chi connectivity index (χ1) is 13.7. The van der Waals surface area contributed by atoms with Crippen LogP contribution in [0.15, 0.2) is 78.9 Å². The minimum atomic E-state index is -0.230. The molecule has 4 rings (SSSR count). The molecular weight excluding hydrogens is 354 g/mol. The normalized spacial score (nSPS) is 10.5. The SMILES string of the molecule is Cn1nnnc1-c1cccc(NC(=O)c2cccc(Oc3ccccc3)c2)c1. The quantitative estimate of drug-likeness (QED) is 0.575. The number of aromatic nitrogens is 4. The zero-order valence-corrected chi connectivity index (χ0v) is 15.1. The van der Waals surface area contributed by atoms with Gasteiger partial charge in [-0.1, -0.05) is 36.4 Å². The van der Waals surface area contributed by atoms with Gasteiger partial charge in [-0.15, -0.1) is 5.10 Å². The lowest BCUT2D eigenvalue weighted by Crippen LogP contribution is -2.12. The van der Waals surface area contributed by atoms with Crippen LogP contribution in [0, 0.1) is 0 Å². The summed E-state index contributed by atoms with van der Waals surface area (Å²) < 4.78 is 7.37. The van der Waals surface area contributed by atoms with Gasteiger partial charge in [-0.3, -0.25) is 4.79 Å². The molecule has 0 spiro atoms. The highest BCUT2D eigenvalue weighted by Gasteiger charge is 2.10. The van der Waals surface area contributed by atoms with Crippen LogP contribution < -0.4 is 10.1 Å². The van der Waals surface area contributed by atoms with E-state index >= 15 is 0 Å². The van der Waals surface area contributed by atoms with Gasteiger partial charge in [-0.05, 0) is 52.9 Å². The first kappa shape index (κ1) is 17.4. The van der Waals surface area contributed by atoms with Crippen LogP contribution in [0.5, 0.6) is 11.5 Å². The third kappa shape index (κ3) is 3.88. The maximum atomic E-state index is 12.7. The van der Waals surface area contributed by atoms with Crippen molar-refractivity contribution in [2.45, 2.75) is 0 Å². The van der Waals surface area contributed by atoms with Gasteiger partial charge in [0.1, 0.15) is 11.5 Å². The topological polar surface area (TPSA) is 81.9 Å². The minimum Gasteiger partial charge on any atom is -0.457 e. The molecule has 1 heterocycles. The van der Waals surface area contributed by atoms with E-state index in [4.69, 9.17) is 4.74 Å². The van der Waals surface area contributed by atoms with Crippen LogP contribution in [0.4, 0.5) is 5.69 Å². The van der Waals surface area contributed by atoms with Gasteiger partial charge in [0, 0.05) is 23.9 Å². The van der Waals surface area contributed by atoms with E-state index in [1.165, 1.54) is 0 Å². The summed E-state index contributed by atoms with van der Waals surface area (Å²) in [7, 11) is 1.76. The Hall–Kier alpha value is -4.00. The van der Waals surface area contributed by atoms with Crippen molar-refractivity contribution in [3.05, 3.63) is 84.4 Å². The van der Waals surface area contributed by atoms with E-state index in [-0.39, 0.29) is 5.91 Å². The largest absolute Gasteiger partial charge is 0.457 e. The molecule has 1 amide bonds. The molecule has 0 fully saturated rings. The summed E-state index contributed by atoms with van der Waals surface area (Å²) in [6.45, 7) is 0. The number of anilines is 1. The van der Waals surface area contributed by atoms with Crippen LogP contribution >= 0.6 is 0 Å². The third-order valence-electron chi connectivity index (χ3n) is 4.07. The number of nitrogens with one attached hydrogen (secondary N) is 1. The number of tetrazole rings is 1. The van der Waals surface area contributed by atoms with Gasteiger partial charge in [0.15, 0.2) is 5.82 Å². The Bertz CT molecular complexity index is 1110. The third-order valence-corrected chi connectivity index (χ3v) is 4.07. The van der Waals surface area contributed by atoms with Crippen LogP contribution in [0.2, 0.25) is 0 Å². The fourth-order valence-corrected chi connectivity index (χ4v) is 2.74. The fraction of sp³-hybridized carbons (Fsp3) is 0.0476. The maximum Gasteiger partial charge on any atom is 0.255 e. The first-order valence-electron chi connectivity index (χ1n) is 8.66. The number of nitrogens with zero attached hydrogens (tertiary/aromatic N) is 4. The van der Waals surface area contributed by atoms with Crippen molar-refractivity contribution in [3.63, 3.8) is 0 Å². The van der Waals surface area contributed by atoms with Crippen LogP contribution in [-0.2, 0) is 7.05 Å². The second-order valence-electron chi connectivity index (χ2n) is 6.10. The van der Waals surface area contributed by atoms with Gasteiger partial charge >= 0.3 is 0 Å². The predicted molar refractivity (Wildman–Crippen MR) is 105 cm³/mol. The Balaban J connectivity index is 1.51. The molecule has 0 atom stereocenters. The average Bonchev–Trinajstić information content (AvgIpc) is 3.15. The van der Waals surface area contributed by atoms with Gasteiger partial charge in [0.05, 0.1) is 0 Å². The first-order valence-corrected chi connectivity index (χ1v) is 8.66. The Morgan fingerprint density at radius 3 is 2.50 bits per heavy atom. The highest BCUT2D eigenvalue weighted by Crippen LogP contribution is 2.23. The summed E-state index contributed by atoms with van der Waals surface area (Å²) in [5.41, 5.74) is 1.96. The average molecular weight is 371 g/mol. The molecule has 3 aromatic carbocycles. The summed E-state index contributed by atoms with van der Waals surface area (Å²) in [4.78, 5) is 12.7. The minimum absolute atomic E-state index is 0.230. The molecule has 0 unspecified atom stereocenters. The van der Waals surface area contributed by atoms with E-state index in [1.807, 2.05) is 60.7 Å². The Morgan fingerprint density at radius 2 is 1.71 bits per heavy atom. The lowest BCUT2D eigenvalue weighted by molar-refractivity contribution is 0.102. The number of carbonyl (C=O) groups is 1. The molecular formula is C21H17N5O2. The molecule has 28 heavy (non-hydrogen) atoms. The standard InChI is InChI=1S/C21H17N5O2/c1-26-20(23-24-25-26)15-7-5-9-17(13-15)22-21(27)16-8-6-12-19(14-16)28-18-10-3-2-4-11-18/h2-14H,1H3,(H,22,27). The molecule has 0 bridgehead atoms. The summed E-state index contributed by atoms with van der Waals surface area (Å²) >= 11 is 0. The number of amides is 1. The number of carbonyl (C=O) groups excluding carboxylic acids is 1. The molecule has 0 aliphatic carbocycles. The second-order valence-corrected chi connectivity index (χ2v) is 6.10. The van der Waals surface area contributed by atoms with Crippen LogP contribution in [-0.4, -0.2) is 26.1 Å². The van der Waals surface area contributed by atoms with E-state index in [0.717, 1.165) is 5.56 Å². The lowest BCUT2D eigenvalue weighted by atomic mass is 10.1. The number of hydrogen-bond donors (Lipinski definition) is 1. The highest BCUT2D eigenvalue weighted by atomic mass is 16.5. The fourth-order valence-electron chi connectivity index (χ4n) is 2.74. The molecule has 0 aliphatic heterocycles. The molecule has 7 nitrogen and oxygen atoms in total. The molecule has 7 heteroatoms. The predicted octanol–water partition coefficient (Wildman–Crippen LogP) is 3.92. The molecule has 1 aromatic heterocycles. The second kappa shape index (κ2) is 7.71. The van der Waals surface area contributed by atoms with Gasteiger partial charge in [0.2, 0.25) is 0 Å². The summed E-state index contributed by atoms with van der Waals surface area (Å²) in [6.07, 6.45) is 0. The number of para-hydroxylation sites is 1. The molecule has 0 radical (unpaired) electrons. The molecule has 0 aliphatic rings. The van der Waals surface area contributed by atoms with Crippen molar-refractivity contribution in [1.29, 1.82) is 0 Å². The van der Waals surface area contributed by atoms with Gasteiger partial charge in [-0.25, -0.2) is 4.68 Å². The lowest BCUT2D eigenvalue weighted by Gasteiger charge is -2.09. The Kier molecular flexibility index (Phi) is 4.79. The van der Waals surface area contributed by atoms with E-state index < -0.39 is 0 Å². The van der Waals surface area contributed by atoms with Crippen LogP contribution in [0.1, 0.15) is 10.4 Å². The molecule has 0 saturated heterocycles. The van der Waals surface area contributed by atoms with Crippen molar-refractivity contribution < 1.29 is 9.53 Å². The molecule has 0 saturated carbocycles. The number of ether oxygens (including phenoxy) is 1. The van der Waals surface area contributed by atoms with Crippen molar-refractivity contribution in [3.8, 4) is 22.9 Å². The number of benzene rings is 3. The number of rotatable bonds is 5. The summed E-state index contributed by atoms with van der Waals surface area (Å²) in [6, 6.07) is 23.8. The zero-order chi connectivity index (χ0) is 19.3. The molecule has 4 aromatic rings. The van der Waals surface area contributed by atoms with Crippen LogP contribution in [0.3, 0.4) is 0 Å². The summed E-state index contributed by atoms with van der Waals surface area (Å²) in [5.74, 6) is 1.70. The Morgan fingerprint density at radius 1 is 0.929 bits per heavy atom. The molecule has 138 valence electrons. The highest BCUT2D eigenvalue weighted by molar-refractivity contribution is 6.04. The summed E-state index contributed by atoms with van der Waals surface area (Å²) in [5, 5.41) is 14.4. The molecule has 1 N–H and O–H groups in total. The maximum absolute atomic E-state index is 12.7.